The van der Waals surface area contributed by atoms with Crippen LogP contribution in [0.15, 0.2) is 0 Å². The predicted molar refractivity (Wildman–Crippen MR) is 81.8 cm³/mol. The Morgan fingerprint density at radius 1 is 1.15 bits per heavy atom. The Morgan fingerprint density at radius 3 is 2.20 bits per heavy atom. The summed E-state index contributed by atoms with van der Waals surface area (Å²) in [5, 5.41) is 23.2. The molecule has 0 saturated heterocycles. The SMILES string of the molecule is CC1CCC(OCC(O)CNC(C)(C)C(C)(C)O)CC1. The van der Waals surface area contributed by atoms with E-state index in [-0.39, 0.29) is 0 Å². The van der Waals surface area contributed by atoms with E-state index < -0.39 is 17.2 Å². The van der Waals surface area contributed by atoms with Gasteiger partial charge in [0.05, 0.1) is 24.4 Å². The van der Waals surface area contributed by atoms with Gasteiger partial charge in [-0.15, -0.1) is 0 Å². The second-order valence-corrected chi connectivity index (χ2v) is 7.43. The predicted octanol–water partition coefficient (Wildman–Crippen LogP) is 2.08. The number of aliphatic hydroxyl groups excluding tert-OH is 1. The highest BCUT2D eigenvalue weighted by Gasteiger charge is 2.34. The van der Waals surface area contributed by atoms with Gasteiger partial charge in [0.25, 0.3) is 0 Å². The van der Waals surface area contributed by atoms with Crippen LogP contribution in [0.25, 0.3) is 0 Å². The standard InChI is InChI=1S/C16H33NO3/c1-12-6-8-14(9-7-12)20-11-13(18)10-17-15(2,3)16(4,5)19/h12-14,17-19H,6-11H2,1-5H3. The molecular formula is C16H33NO3. The van der Waals surface area contributed by atoms with Crippen molar-refractivity contribution in [3.63, 3.8) is 0 Å². The van der Waals surface area contributed by atoms with Crippen molar-refractivity contribution in [2.45, 2.75) is 83.6 Å². The van der Waals surface area contributed by atoms with Crippen LogP contribution in [0.3, 0.4) is 0 Å². The third kappa shape index (κ3) is 5.68. The van der Waals surface area contributed by atoms with Crippen molar-refractivity contribution >= 4 is 0 Å². The zero-order valence-electron chi connectivity index (χ0n) is 13.8. The van der Waals surface area contributed by atoms with Crippen LogP contribution in [0.4, 0.5) is 0 Å². The fourth-order valence-corrected chi connectivity index (χ4v) is 2.29. The van der Waals surface area contributed by atoms with Crippen molar-refractivity contribution in [1.82, 2.24) is 5.32 Å². The summed E-state index contributed by atoms with van der Waals surface area (Å²) in [6, 6.07) is 0. The molecule has 120 valence electrons. The van der Waals surface area contributed by atoms with Crippen LogP contribution in [-0.4, -0.2) is 46.7 Å². The van der Waals surface area contributed by atoms with Gasteiger partial charge in [0.1, 0.15) is 0 Å². The number of hydrogen-bond donors (Lipinski definition) is 3. The van der Waals surface area contributed by atoms with Gasteiger partial charge in [0.15, 0.2) is 0 Å². The van der Waals surface area contributed by atoms with Crippen LogP contribution >= 0.6 is 0 Å². The lowest BCUT2D eigenvalue weighted by Crippen LogP contribution is -2.57. The first-order valence-corrected chi connectivity index (χ1v) is 7.89. The highest BCUT2D eigenvalue weighted by molar-refractivity contribution is 4.93. The van der Waals surface area contributed by atoms with E-state index in [9.17, 15) is 10.2 Å². The molecule has 1 saturated carbocycles. The van der Waals surface area contributed by atoms with E-state index in [0.717, 1.165) is 18.8 Å². The Balaban J connectivity index is 2.22. The molecule has 20 heavy (non-hydrogen) atoms. The first kappa shape index (κ1) is 17.9. The van der Waals surface area contributed by atoms with Crippen LogP contribution in [-0.2, 0) is 4.74 Å². The number of β-amino-alcohol motifs (C(OH)–C–C–N with tert-alkyl or cyclic N) is 1. The Labute approximate surface area is 123 Å². The van der Waals surface area contributed by atoms with Crippen LogP contribution in [0.1, 0.15) is 60.3 Å². The molecule has 1 rings (SSSR count). The molecule has 0 aromatic carbocycles. The van der Waals surface area contributed by atoms with Crippen LogP contribution < -0.4 is 5.32 Å². The van der Waals surface area contributed by atoms with Gasteiger partial charge in [-0.25, -0.2) is 0 Å². The van der Waals surface area contributed by atoms with Gasteiger partial charge in [-0.1, -0.05) is 6.92 Å². The van der Waals surface area contributed by atoms with Crippen LogP contribution in [0.5, 0.6) is 0 Å². The molecule has 0 aromatic rings. The fourth-order valence-electron chi connectivity index (χ4n) is 2.29. The lowest BCUT2D eigenvalue weighted by molar-refractivity contribution is -0.0402. The van der Waals surface area contributed by atoms with Crippen molar-refractivity contribution in [3.05, 3.63) is 0 Å². The average Bonchev–Trinajstić information content (AvgIpc) is 2.34. The third-order valence-corrected chi connectivity index (χ3v) is 4.80. The highest BCUT2D eigenvalue weighted by atomic mass is 16.5. The van der Waals surface area contributed by atoms with Crippen LogP contribution in [0, 0.1) is 5.92 Å². The topological polar surface area (TPSA) is 61.7 Å². The van der Waals surface area contributed by atoms with Crippen molar-refractivity contribution in [1.29, 1.82) is 0 Å². The maximum Gasteiger partial charge on any atom is 0.0898 e. The minimum absolute atomic E-state index is 0.308. The van der Waals surface area contributed by atoms with E-state index in [2.05, 4.69) is 12.2 Å². The normalized spacial score (nSPS) is 26.6. The number of nitrogens with one attached hydrogen (secondary N) is 1. The quantitative estimate of drug-likeness (QED) is 0.671. The van der Waals surface area contributed by atoms with Crippen LogP contribution in [0.2, 0.25) is 0 Å². The average molecular weight is 287 g/mol. The van der Waals surface area contributed by atoms with Gasteiger partial charge in [0.2, 0.25) is 0 Å². The molecule has 1 unspecified atom stereocenters. The first-order valence-electron chi connectivity index (χ1n) is 7.89. The Morgan fingerprint density at radius 2 is 1.70 bits per heavy atom. The molecule has 0 aromatic heterocycles. The van der Waals surface area contributed by atoms with E-state index in [1.807, 2.05) is 13.8 Å². The summed E-state index contributed by atoms with van der Waals surface area (Å²) in [5.74, 6) is 0.814. The highest BCUT2D eigenvalue weighted by Crippen LogP contribution is 2.25. The van der Waals surface area contributed by atoms with E-state index >= 15 is 0 Å². The van der Waals surface area contributed by atoms with E-state index in [1.54, 1.807) is 13.8 Å². The first-order chi connectivity index (χ1) is 9.12. The smallest absolute Gasteiger partial charge is 0.0898 e. The largest absolute Gasteiger partial charge is 0.389 e. The maximum absolute atomic E-state index is 10.0. The summed E-state index contributed by atoms with van der Waals surface area (Å²) in [5.41, 5.74) is -1.29. The molecule has 0 radical (unpaired) electrons. The molecule has 0 bridgehead atoms. The molecule has 1 atom stereocenters. The van der Waals surface area contributed by atoms with Gasteiger partial charge in [-0.05, 0) is 59.3 Å². The van der Waals surface area contributed by atoms with Gasteiger partial charge in [0, 0.05) is 12.1 Å². The van der Waals surface area contributed by atoms with Gasteiger partial charge < -0.3 is 20.3 Å². The molecule has 0 spiro atoms. The van der Waals surface area contributed by atoms with Crippen molar-refractivity contribution in [2.24, 2.45) is 5.92 Å². The minimum Gasteiger partial charge on any atom is -0.389 e. The minimum atomic E-state index is -0.840. The molecule has 1 fully saturated rings. The fraction of sp³-hybridized carbons (Fsp3) is 1.00. The van der Waals surface area contributed by atoms with Crippen molar-refractivity contribution < 1.29 is 14.9 Å². The second kappa shape index (κ2) is 7.21. The summed E-state index contributed by atoms with van der Waals surface area (Å²) in [7, 11) is 0. The number of rotatable bonds is 7. The monoisotopic (exact) mass is 287 g/mol. The number of hydrogen-bond acceptors (Lipinski definition) is 4. The Hall–Kier alpha value is -0.160. The zero-order chi connectivity index (χ0) is 15.4. The summed E-state index contributed by atoms with van der Waals surface area (Å²) < 4.78 is 5.79. The molecule has 0 amide bonds. The van der Waals surface area contributed by atoms with E-state index in [1.165, 1.54) is 12.8 Å². The maximum atomic E-state index is 10.0. The lowest BCUT2D eigenvalue weighted by atomic mass is 9.86. The summed E-state index contributed by atoms with van der Waals surface area (Å²) in [6.45, 7) is 10.5. The molecule has 0 heterocycles. The molecule has 4 heteroatoms. The van der Waals surface area contributed by atoms with Crippen molar-refractivity contribution in [3.8, 4) is 0 Å². The Bertz CT molecular complexity index is 278. The van der Waals surface area contributed by atoms with Gasteiger partial charge in [-0.2, -0.15) is 0 Å². The van der Waals surface area contributed by atoms with Gasteiger partial charge >= 0.3 is 0 Å². The summed E-state index contributed by atoms with van der Waals surface area (Å²) in [6.07, 6.45) is 4.45. The van der Waals surface area contributed by atoms with E-state index in [4.69, 9.17) is 4.74 Å². The second-order valence-electron chi connectivity index (χ2n) is 7.43. The molecular weight excluding hydrogens is 254 g/mol. The molecule has 3 N–H and O–H groups in total. The molecule has 0 aliphatic heterocycles. The summed E-state index contributed by atoms with van der Waals surface area (Å²) >= 11 is 0. The van der Waals surface area contributed by atoms with Gasteiger partial charge in [-0.3, -0.25) is 0 Å². The third-order valence-electron chi connectivity index (χ3n) is 4.80. The summed E-state index contributed by atoms with van der Waals surface area (Å²) in [4.78, 5) is 0. The van der Waals surface area contributed by atoms with E-state index in [0.29, 0.717) is 19.3 Å². The zero-order valence-corrected chi connectivity index (χ0v) is 13.8. The molecule has 1 aliphatic rings. The molecule has 4 nitrogen and oxygen atoms in total. The number of ether oxygens (including phenoxy) is 1. The lowest BCUT2D eigenvalue weighted by Gasteiger charge is -2.39. The molecule has 1 aliphatic carbocycles. The number of aliphatic hydroxyl groups is 2. The van der Waals surface area contributed by atoms with Crippen molar-refractivity contribution in [2.75, 3.05) is 13.2 Å². The Kier molecular flexibility index (Phi) is 6.45.